The normalized spacial score (nSPS) is 21.5. The van der Waals surface area contributed by atoms with Gasteiger partial charge in [0.1, 0.15) is 23.3 Å². The SMILES string of the molecule is CC(C)(C)OC(=O)N1CCC[C@H]1C(=O)O.CC(C)(C)OC(=O)N1CCC[C@H]1C(=O)O. The van der Waals surface area contributed by atoms with Crippen LogP contribution in [0.3, 0.4) is 0 Å². The summed E-state index contributed by atoms with van der Waals surface area (Å²) in [4.78, 5) is 47.5. The minimum Gasteiger partial charge on any atom is -0.480 e. The molecule has 0 spiro atoms. The summed E-state index contributed by atoms with van der Waals surface area (Å²) >= 11 is 0. The summed E-state index contributed by atoms with van der Waals surface area (Å²) in [6.07, 6.45) is 1.38. The lowest BCUT2D eigenvalue weighted by atomic mass is 10.2. The number of carboxylic acids is 2. The summed E-state index contributed by atoms with van der Waals surface area (Å²) in [6, 6.07) is -1.44. The quantitative estimate of drug-likeness (QED) is 0.683. The molecule has 10 nitrogen and oxygen atoms in total. The van der Waals surface area contributed by atoms with E-state index in [9.17, 15) is 19.2 Å². The predicted octanol–water partition coefficient (Wildman–Crippen LogP) is 2.94. The van der Waals surface area contributed by atoms with Crippen LogP contribution in [0.1, 0.15) is 67.2 Å². The Morgan fingerprint density at radius 1 is 0.700 bits per heavy atom. The van der Waals surface area contributed by atoms with Crippen molar-refractivity contribution in [2.24, 2.45) is 0 Å². The Hall–Kier alpha value is -2.52. The van der Waals surface area contributed by atoms with Crippen molar-refractivity contribution >= 4 is 24.1 Å². The Balaban J connectivity index is 0.000000300. The maximum Gasteiger partial charge on any atom is 0.411 e. The molecule has 172 valence electrons. The van der Waals surface area contributed by atoms with Gasteiger partial charge in [0.25, 0.3) is 0 Å². The summed E-state index contributed by atoms with van der Waals surface area (Å²) in [5.41, 5.74) is -1.16. The Morgan fingerprint density at radius 2 is 1.00 bits per heavy atom. The van der Waals surface area contributed by atoms with Crippen molar-refractivity contribution in [3.05, 3.63) is 0 Å². The average Bonchev–Trinajstić information content (AvgIpc) is 3.22. The first-order valence-corrected chi connectivity index (χ1v) is 10.1. The van der Waals surface area contributed by atoms with E-state index in [-0.39, 0.29) is 0 Å². The second-order valence-electron chi connectivity index (χ2n) is 9.34. The van der Waals surface area contributed by atoms with Gasteiger partial charge in [-0.1, -0.05) is 0 Å². The molecule has 2 N–H and O–H groups in total. The first-order chi connectivity index (χ1) is 13.6. The second kappa shape index (κ2) is 9.99. The van der Waals surface area contributed by atoms with Gasteiger partial charge in [0.05, 0.1) is 0 Å². The third kappa shape index (κ3) is 8.08. The van der Waals surface area contributed by atoms with Crippen molar-refractivity contribution in [3.8, 4) is 0 Å². The van der Waals surface area contributed by atoms with E-state index >= 15 is 0 Å². The van der Waals surface area contributed by atoms with Crippen LogP contribution in [0.5, 0.6) is 0 Å². The molecule has 0 radical (unpaired) electrons. The molecule has 2 rings (SSSR count). The lowest BCUT2D eigenvalue weighted by Gasteiger charge is -2.26. The highest BCUT2D eigenvalue weighted by atomic mass is 16.6. The number of nitrogens with zero attached hydrogens (tertiary/aromatic N) is 2. The van der Waals surface area contributed by atoms with Crippen LogP contribution in [0.25, 0.3) is 0 Å². The summed E-state index contributed by atoms with van der Waals surface area (Å²) in [5.74, 6) is -1.92. The lowest BCUT2D eigenvalue weighted by Crippen LogP contribution is -2.43. The highest BCUT2D eigenvalue weighted by molar-refractivity contribution is 5.81. The zero-order chi connectivity index (χ0) is 23.3. The number of aliphatic carboxylic acids is 2. The van der Waals surface area contributed by atoms with Crippen molar-refractivity contribution in [1.29, 1.82) is 0 Å². The lowest BCUT2D eigenvalue weighted by molar-refractivity contribution is -0.142. The number of ether oxygens (including phenoxy) is 2. The van der Waals surface area contributed by atoms with Crippen molar-refractivity contribution in [3.63, 3.8) is 0 Å². The number of carbonyl (C=O) groups is 4. The fraction of sp³-hybridized carbons (Fsp3) is 0.800. The van der Waals surface area contributed by atoms with Crippen LogP contribution in [0, 0.1) is 0 Å². The maximum atomic E-state index is 11.6. The number of carboxylic acid groups (broad SMARTS) is 2. The molecule has 2 heterocycles. The van der Waals surface area contributed by atoms with Crippen molar-refractivity contribution < 1.29 is 38.9 Å². The Morgan fingerprint density at radius 3 is 1.23 bits per heavy atom. The minimum atomic E-state index is -0.960. The fourth-order valence-electron chi connectivity index (χ4n) is 3.13. The highest BCUT2D eigenvalue weighted by Crippen LogP contribution is 2.21. The van der Waals surface area contributed by atoms with Crippen LogP contribution in [-0.4, -0.2) is 80.5 Å². The second-order valence-corrected chi connectivity index (χ2v) is 9.34. The van der Waals surface area contributed by atoms with E-state index in [2.05, 4.69) is 0 Å². The summed E-state index contributed by atoms with van der Waals surface area (Å²) in [5, 5.41) is 17.8. The van der Waals surface area contributed by atoms with Gasteiger partial charge in [0, 0.05) is 13.1 Å². The van der Waals surface area contributed by atoms with Crippen LogP contribution in [0.4, 0.5) is 9.59 Å². The molecule has 0 unspecified atom stereocenters. The number of carbonyl (C=O) groups excluding carboxylic acids is 2. The van der Waals surface area contributed by atoms with Gasteiger partial charge in [-0.3, -0.25) is 9.80 Å². The molecule has 10 heteroatoms. The molecular weight excluding hydrogens is 396 g/mol. The van der Waals surface area contributed by atoms with Gasteiger partial charge in [-0.05, 0) is 67.2 Å². The standard InChI is InChI=1S/2C10H17NO4/c2*1-10(2,3)15-9(14)11-6-4-5-7(11)8(12)13/h2*7H,4-6H2,1-3H3,(H,12,13)/t2*7-/m00/s1. The molecule has 0 saturated carbocycles. The van der Waals surface area contributed by atoms with Gasteiger partial charge in [0.2, 0.25) is 0 Å². The molecule has 2 aliphatic heterocycles. The Kier molecular flexibility index (Phi) is 8.50. The number of rotatable bonds is 2. The Bertz CT molecular complexity index is 594. The van der Waals surface area contributed by atoms with Crippen LogP contribution < -0.4 is 0 Å². The maximum absolute atomic E-state index is 11.6. The third-order valence-electron chi connectivity index (χ3n) is 4.33. The van der Waals surface area contributed by atoms with Gasteiger partial charge in [-0.2, -0.15) is 0 Å². The van der Waals surface area contributed by atoms with Gasteiger partial charge in [-0.15, -0.1) is 0 Å². The Labute approximate surface area is 177 Å². The molecule has 0 aromatic heterocycles. The highest BCUT2D eigenvalue weighted by Gasteiger charge is 2.37. The van der Waals surface area contributed by atoms with E-state index in [4.69, 9.17) is 19.7 Å². The van der Waals surface area contributed by atoms with E-state index in [1.807, 2.05) is 0 Å². The van der Waals surface area contributed by atoms with E-state index in [1.54, 1.807) is 41.5 Å². The molecule has 2 atom stereocenters. The van der Waals surface area contributed by atoms with Gasteiger partial charge >= 0.3 is 24.1 Å². The third-order valence-corrected chi connectivity index (χ3v) is 4.33. The van der Waals surface area contributed by atoms with E-state index < -0.39 is 47.4 Å². The topological polar surface area (TPSA) is 134 Å². The average molecular weight is 430 g/mol. The number of amides is 2. The monoisotopic (exact) mass is 430 g/mol. The molecule has 2 amide bonds. The minimum absolute atomic E-state index is 0.464. The van der Waals surface area contributed by atoms with E-state index in [0.29, 0.717) is 25.9 Å². The first-order valence-electron chi connectivity index (χ1n) is 10.1. The number of hydrogen-bond acceptors (Lipinski definition) is 6. The molecule has 2 fully saturated rings. The largest absolute Gasteiger partial charge is 0.480 e. The van der Waals surface area contributed by atoms with Crippen LogP contribution in [0.15, 0.2) is 0 Å². The predicted molar refractivity (Wildman–Crippen MR) is 107 cm³/mol. The van der Waals surface area contributed by atoms with Crippen molar-refractivity contribution in [2.45, 2.75) is 90.5 Å². The number of hydrogen-bond donors (Lipinski definition) is 2. The molecule has 0 aliphatic carbocycles. The van der Waals surface area contributed by atoms with Gasteiger partial charge < -0.3 is 19.7 Å². The molecule has 30 heavy (non-hydrogen) atoms. The number of likely N-dealkylation sites (tertiary alicyclic amines) is 2. The molecule has 2 aliphatic rings. The first kappa shape index (κ1) is 25.5. The molecule has 2 saturated heterocycles. The summed E-state index contributed by atoms with van der Waals surface area (Å²) in [6.45, 7) is 11.5. The summed E-state index contributed by atoms with van der Waals surface area (Å²) in [7, 11) is 0. The fourth-order valence-corrected chi connectivity index (χ4v) is 3.13. The van der Waals surface area contributed by atoms with Crippen LogP contribution >= 0.6 is 0 Å². The smallest absolute Gasteiger partial charge is 0.411 e. The molecule has 0 aromatic rings. The van der Waals surface area contributed by atoms with Crippen molar-refractivity contribution in [1.82, 2.24) is 9.80 Å². The molecular formula is C20H34N2O8. The summed E-state index contributed by atoms with van der Waals surface area (Å²) < 4.78 is 10.3. The van der Waals surface area contributed by atoms with Gasteiger partial charge in [0.15, 0.2) is 0 Å². The molecule has 0 aromatic carbocycles. The van der Waals surface area contributed by atoms with E-state index in [0.717, 1.165) is 12.8 Å². The zero-order valence-electron chi connectivity index (χ0n) is 18.6. The van der Waals surface area contributed by atoms with Crippen molar-refractivity contribution in [2.75, 3.05) is 13.1 Å². The van der Waals surface area contributed by atoms with E-state index in [1.165, 1.54) is 9.80 Å². The molecule has 0 bridgehead atoms. The zero-order valence-corrected chi connectivity index (χ0v) is 18.6. The van der Waals surface area contributed by atoms with Crippen LogP contribution in [0.2, 0.25) is 0 Å². The van der Waals surface area contributed by atoms with Crippen LogP contribution in [-0.2, 0) is 19.1 Å². The van der Waals surface area contributed by atoms with Gasteiger partial charge in [-0.25, -0.2) is 19.2 Å².